The number of carbonyl (C=O) groups is 1. The summed E-state index contributed by atoms with van der Waals surface area (Å²) in [5, 5.41) is 9.48. The number of hydrogen-bond donors (Lipinski definition) is 0. The minimum absolute atomic E-state index is 0.0817. The van der Waals surface area contributed by atoms with Gasteiger partial charge in [-0.2, -0.15) is 0 Å². The number of carbonyl (C=O) groups excluding carboxylic acids is 1. The second-order valence-electron chi connectivity index (χ2n) is 7.44. The Balaban J connectivity index is 1.62. The van der Waals surface area contributed by atoms with E-state index in [1.807, 2.05) is 60.9 Å². The molecule has 3 heterocycles. The highest BCUT2D eigenvalue weighted by atomic mass is 32.2. The monoisotopic (exact) mass is 450 g/mol. The van der Waals surface area contributed by atoms with Crippen molar-refractivity contribution >= 4 is 17.5 Å². The predicted octanol–water partition coefficient (Wildman–Crippen LogP) is 5.01. The number of benzene rings is 1. The van der Waals surface area contributed by atoms with Crippen LogP contribution in [0.15, 0.2) is 58.3 Å². The fraction of sp³-hybridized carbons (Fsp3) is 0.292. The van der Waals surface area contributed by atoms with Gasteiger partial charge in [0.2, 0.25) is 0 Å². The number of hydrogen-bond acceptors (Lipinski definition) is 6. The first-order valence-electron chi connectivity index (χ1n) is 10.4. The number of aryl methyl sites for hydroxylation is 1. The topological polar surface area (TPSA) is 75.1 Å². The van der Waals surface area contributed by atoms with Crippen molar-refractivity contribution in [3.8, 4) is 17.1 Å². The van der Waals surface area contributed by atoms with Crippen LogP contribution in [0.25, 0.3) is 11.4 Å². The third-order valence-corrected chi connectivity index (χ3v) is 6.43. The van der Waals surface area contributed by atoms with Crippen molar-refractivity contribution in [3.05, 3.63) is 71.4 Å². The van der Waals surface area contributed by atoms with E-state index in [0.29, 0.717) is 17.5 Å². The average Bonchev–Trinajstić information content (AvgIpc) is 3.52. The summed E-state index contributed by atoms with van der Waals surface area (Å²) in [4.78, 5) is 13.0. The molecule has 8 heteroatoms. The van der Waals surface area contributed by atoms with Gasteiger partial charge in [-0.3, -0.25) is 9.36 Å². The second-order valence-corrected chi connectivity index (χ2v) is 8.39. The van der Waals surface area contributed by atoms with Gasteiger partial charge in [0.05, 0.1) is 25.7 Å². The maximum Gasteiger partial charge on any atom is 0.192 e. The first kappa shape index (κ1) is 22.0. The van der Waals surface area contributed by atoms with E-state index in [2.05, 4.69) is 21.7 Å². The zero-order valence-corrected chi connectivity index (χ0v) is 19.5. The summed E-state index contributed by atoms with van der Waals surface area (Å²) in [6.07, 6.45) is 1.64. The van der Waals surface area contributed by atoms with Gasteiger partial charge in [0.15, 0.2) is 16.8 Å². The van der Waals surface area contributed by atoms with E-state index in [1.165, 1.54) is 11.8 Å². The van der Waals surface area contributed by atoms with E-state index < -0.39 is 0 Å². The Bertz CT molecular complexity index is 1220. The van der Waals surface area contributed by atoms with E-state index in [-0.39, 0.29) is 11.5 Å². The number of methoxy groups -OCH3 is 1. The van der Waals surface area contributed by atoms with Crippen molar-refractivity contribution in [1.29, 1.82) is 0 Å². The third-order valence-electron chi connectivity index (χ3n) is 5.46. The van der Waals surface area contributed by atoms with Gasteiger partial charge in [0.25, 0.3) is 0 Å². The maximum absolute atomic E-state index is 13.0. The Morgan fingerprint density at radius 2 is 1.97 bits per heavy atom. The van der Waals surface area contributed by atoms with Crippen molar-refractivity contribution in [2.24, 2.45) is 0 Å². The standard InChI is InChI=1S/C24H26N4O3S/c1-5-27-16(2)12-21(17(27)3)22(29)15-32-24-26-25-23(18-8-6-9-19(13-18)30-4)28(24)14-20-10-7-11-31-20/h6-13H,5,14-15H2,1-4H3. The summed E-state index contributed by atoms with van der Waals surface area (Å²) in [5.41, 5.74) is 3.75. The molecule has 0 saturated carbocycles. The van der Waals surface area contributed by atoms with Crippen LogP contribution in [0, 0.1) is 13.8 Å². The molecule has 0 aliphatic heterocycles. The minimum Gasteiger partial charge on any atom is -0.497 e. The molecule has 0 atom stereocenters. The number of furan rings is 1. The number of thioether (sulfide) groups is 1. The summed E-state index contributed by atoms with van der Waals surface area (Å²) in [5.74, 6) is 2.58. The smallest absolute Gasteiger partial charge is 0.192 e. The molecule has 7 nitrogen and oxygen atoms in total. The molecule has 3 aromatic heterocycles. The molecular weight excluding hydrogens is 424 g/mol. The lowest BCUT2D eigenvalue weighted by atomic mass is 10.2. The van der Waals surface area contributed by atoms with Gasteiger partial charge in [0.1, 0.15) is 11.5 Å². The summed E-state index contributed by atoms with van der Waals surface area (Å²) in [6.45, 7) is 7.42. The van der Waals surface area contributed by atoms with Crippen LogP contribution in [-0.2, 0) is 13.1 Å². The largest absolute Gasteiger partial charge is 0.497 e. The molecule has 0 saturated heterocycles. The molecule has 4 aromatic rings. The molecule has 1 aromatic carbocycles. The third kappa shape index (κ3) is 4.36. The first-order valence-corrected chi connectivity index (χ1v) is 11.4. The molecular formula is C24H26N4O3S. The molecule has 0 bridgehead atoms. The highest BCUT2D eigenvalue weighted by molar-refractivity contribution is 7.99. The summed E-state index contributed by atoms with van der Waals surface area (Å²) in [7, 11) is 1.63. The SMILES string of the molecule is CCn1c(C)cc(C(=O)CSc2nnc(-c3cccc(OC)c3)n2Cc2ccco2)c1C. The van der Waals surface area contributed by atoms with E-state index in [1.54, 1.807) is 13.4 Å². The van der Waals surface area contributed by atoms with Gasteiger partial charge in [-0.15, -0.1) is 10.2 Å². The fourth-order valence-corrected chi connectivity index (χ4v) is 4.67. The van der Waals surface area contributed by atoms with E-state index in [4.69, 9.17) is 9.15 Å². The van der Waals surface area contributed by atoms with Crippen LogP contribution in [0.2, 0.25) is 0 Å². The van der Waals surface area contributed by atoms with Crippen LogP contribution in [0.3, 0.4) is 0 Å². The number of ether oxygens (including phenoxy) is 1. The molecule has 166 valence electrons. The summed E-state index contributed by atoms with van der Waals surface area (Å²) < 4.78 is 15.0. The van der Waals surface area contributed by atoms with Gasteiger partial charge in [0, 0.05) is 29.1 Å². The average molecular weight is 451 g/mol. The van der Waals surface area contributed by atoms with Gasteiger partial charge in [-0.05, 0) is 51.1 Å². The normalized spacial score (nSPS) is 11.1. The molecule has 0 aliphatic rings. The van der Waals surface area contributed by atoms with E-state index >= 15 is 0 Å². The quantitative estimate of drug-likeness (QED) is 0.264. The van der Waals surface area contributed by atoms with Crippen molar-refractivity contribution in [2.45, 2.75) is 39.0 Å². The number of ketones is 1. The Morgan fingerprint density at radius 3 is 2.66 bits per heavy atom. The van der Waals surface area contributed by atoms with Gasteiger partial charge in [-0.25, -0.2) is 0 Å². The van der Waals surface area contributed by atoms with Crippen LogP contribution in [0.5, 0.6) is 5.75 Å². The van der Waals surface area contributed by atoms with Crippen LogP contribution in [0.1, 0.15) is 34.4 Å². The Morgan fingerprint density at radius 1 is 1.12 bits per heavy atom. The molecule has 0 N–H and O–H groups in total. The van der Waals surface area contributed by atoms with Crippen molar-refractivity contribution in [2.75, 3.05) is 12.9 Å². The molecule has 0 aliphatic carbocycles. The predicted molar refractivity (Wildman–Crippen MR) is 124 cm³/mol. The molecule has 0 radical (unpaired) electrons. The Kier molecular flexibility index (Phi) is 6.50. The number of nitrogens with zero attached hydrogens (tertiary/aromatic N) is 4. The van der Waals surface area contributed by atoms with Gasteiger partial charge in [-0.1, -0.05) is 23.9 Å². The second kappa shape index (κ2) is 9.48. The highest BCUT2D eigenvalue weighted by Gasteiger charge is 2.20. The lowest BCUT2D eigenvalue weighted by Crippen LogP contribution is -2.08. The maximum atomic E-state index is 13.0. The van der Waals surface area contributed by atoms with Crippen LogP contribution >= 0.6 is 11.8 Å². The number of aromatic nitrogens is 4. The molecule has 0 spiro atoms. The zero-order chi connectivity index (χ0) is 22.7. The first-order chi connectivity index (χ1) is 15.5. The van der Waals surface area contributed by atoms with Crippen molar-refractivity contribution < 1.29 is 13.9 Å². The molecule has 0 fully saturated rings. The molecule has 4 rings (SSSR count). The Labute approximate surface area is 191 Å². The van der Waals surface area contributed by atoms with E-state index in [9.17, 15) is 4.79 Å². The van der Waals surface area contributed by atoms with Gasteiger partial charge < -0.3 is 13.7 Å². The van der Waals surface area contributed by atoms with Crippen molar-refractivity contribution in [1.82, 2.24) is 19.3 Å². The zero-order valence-electron chi connectivity index (χ0n) is 18.7. The minimum atomic E-state index is 0.0817. The Hall–Kier alpha value is -3.26. The van der Waals surface area contributed by atoms with Crippen LogP contribution < -0.4 is 4.74 Å². The van der Waals surface area contributed by atoms with Crippen molar-refractivity contribution in [3.63, 3.8) is 0 Å². The number of Topliss-reactive ketones (excluding diaryl/α,β-unsaturated/α-hetero) is 1. The van der Waals surface area contributed by atoms with E-state index in [0.717, 1.165) is 40.6 Å². The summed E-state index contributed by atoms with van der Waals surface area (Å²) in [6, 6.07) is 13.4. The van der Waals surface area contributed by atoms with Crippen LogP contribution in [0.4, 0.5) is 0 Å². The number of rotatable bonds is 9. The summed E-state index contributed by atoms with van der Waals surface area (Å²) >= 11 is 1.39. The van der Waals surface area contributed by atoms with Crippen LogP contribution in [-0.4, -0.2) is 38.0 Å². The molecule has 32 heavy (non-hydrogen) atoms. The van der Waals surface area contributed by atoms with Gasteiger partial charge >= 0.3 is 0 Å². The highest BCUT2D eigenvalue weighted by Crippen LogP contribution is 2.28. The molecule has 0 unspecified atom stereocenters. The molecule has 0 amide bonds. The fourth-order valence-electron chi connectivity index (χ4n) is 3.85. The lowest BCUT2D eigenvalue weighted by Gasteiger charge is -2.10. The lowest BCUT2D eigenvalue weighted by molar-refractivity contribution is 0.102.